The highest BCUT2D eigenvalue weighted by Gasteiger charge is 2.22. The molecule has 124 valence electrons. The van der Waals surface area contributed by atoms with Gasteiger partial charge in [0.15, 0.2) is 0 Å². The summed E-state index contributed by atoms with van der Waals surface area (Å²) in [6.45, 7) is 5.48. The minimum Gasteiger partial charge on any atom is -0.347 e. The molecule has 0 aliphatic rings. The minimum absolute atomic E-state index is 0.0371. The number of aryl methyl sites for hydroxylation is 1. The maximum Gasteiger partial charge on any atom is 0.292 e. The molecule has 2 aromatic heterocycles. The molecule has 0 saturated heterocycles. The molecule has 0 aliphatic carbocycles. The Bertz CT molecular complexity index is 867. The van der Waals surface area contributed by atoms with E-state index in [9.17, 15) is 9.18 Å². The van der Waals surface area contributed by atoms with E-state index in [2.05, 4.69) is 25.7 Å². The monoisotopic (exact) mass is 329 g/mol. The van der Waals surface area contributed by atoms with E-state index in [4.69, 9.17) is 4.52 Å². The Morgan fingerprint density at radius 1 is 1.29 bits per heavy atom. The van der Waals surface area contributed by atoms with Gasteiger partial charge in [0.2, 0.25) is 0 Å². The number of halogens is 1. The first-order valence-electron chi connectivity index (χ1n) is 7.41. The zero-order chi connectivity index (χ0) is 17.3. The number of amides is 1. The second kappa shape index (κ2) is 6.23. The van der Waals surface area contributed by atoms with Gasteiger partial charge < -0.3 is 9.84 Å². The van der Waals surface area contributed by atoms with Gasteiger partial charge in [0, 0.05) is 17.3 Å². The number of hydrogen-bond acceptors (Lipinski definition) is 5. The van der Waals surface area contributed by atoms with Crippen LogP contribution in [0.2, 0.25) is 0 Å². The fourth-order valence-corrected chi connectivity index (χ4v) is 2.25. The number of rotatable bonds is 4. The largest absolute Gasteiger partial charge is 0.347 e. The third-order valence-corrected chi connectivity index (χ3v) is 3.33. The number of carbonyl (C=O) groups excluding carboxylic acids is 1. The van der Waals surface area contributed by atoms with E-state index >= 15 is 0 Å². The Hall–Kier alpha value is -3.03. The summed E-state index contributed by atoms with van der Waals surface area (Å²) in [6, 6.07) is 5.87. The third kappa shape index (κ3) is 3.03. The lowest BCUT2D eigenvalue weighted by Crippen LogP contribution is -2.30. The maximum absolute atomic E-state index is 13.1. The van der Waals surface area contributed by atoms with Crippen molar-refractivity contribution in [2.75, 3.05) is 0 Å². The Balaban J connectivity index is 1.99. The highest BCUT2D eigenvalue weighted by Crippen LogP contribution is 2.31. The fraction of sp³-hybridized carbons (Fsp3) is 0.250. The molecule has 0 bridgehead atoms. The predicted molar refractivity (Wildman–Crippen MR) is 84.6 cm³/mol. The van der Waals surface area contributed by atoms with E-state index in [-0.39, 0.29) is 23.6 Å². The Kier molecular flexibility index (Phi) is 4.11. The lowest BCUT2D eigenvalue weighted by Gasteiger charge is -2.03. The van der Waals surface area contributed by atoms with Crippen LogP contribution in [0.1, 0.15) is 30.2 Å². The van der Waals surface area contributed by atoms with Gasteiger partial charge in [-0.1, -0.05) is 5.16 Å². The zero-order valence-corrected chi connectivity index (χ0v) is 13.4. The molecular weight excluding hydrogens is 313 g/mol. The van der Waals surface area contributed by atoms with Gasteiger partial charge in [-0.15, -0.1) is 0 Å². The molecule has 3 aromatic rings. The van der Waals surface area contributed by atoms with Crippen molar-refractivity contribution in [2.24, 2.45) is 0 Å². The second-order valence-corrected chi connectivity index (χ2v) is 5.63. The molecule has 0 radical (unpaired) electrons. The molecule has 1 amide bonds. The van der Waals surface area contributed by atoms with Gasteiger partial charge in [0.25, 0.3) is 17.6 Å². The second-order valence-electron chi connectivity index (χ2n) is 5.63. The molecule has 0 aliphatic heterocycles. The molecule has 8 heteroatoms. The van der Waals surface area contributed by atoms with E-state index in [0.717, 1.165) is 0 Å². The van der Waals surface area contributed by atoms with Crippen LogP contribution in [0, 0.1) is 12.7 Å². The van der Waals surface area contributed by atoms with E-state index < -0.39 is 5.91 Å². The molecule has 2 N–H and O–H groups in total. The molecule has 2 heterocycles. The molecule has 0 spiro atoms. The normalized spacial score (nSPS) is 11.0. The van der Waals surface area contributed by atoms with Crippen molar-refractivity contribution in [1.82, 2.24) is 25.7 Å². The van der Waals surface area contributed by atoms with Crippen molar-refractivity contribution in [1.29, 1.82) is 0 Å². The predicted octanol–water partition coefficient (Wildman–Crippen LogP) is 2.71. The van der Waals surface area contributed by atoms with Gasteiger partial charge in [-0.3, -0.25) is 9.89 Å². The van der Waals surface area contributed by atoms with Crippen molar-refractivity contribution in [3.63, 3.8) is 0 Å². The van der Waals surface area contributed by atoms with Gasteiger partial charge in [0.1, 0.15) is 11.5 Å². The molecule has 0 saturated carbocycles. The maximum atomic E-state index is 13.1. The average Bonchev–Trinajstić information content (AvgIpc) is 3.14. The van der Waals surface area contributed by atoms with E-state index in [1.165, 1.54) is 12.1 Å². The van der Waals surface area contributed by atoms with Crippen LogP contribution >= 0.6 is 0 Å². The first-order valence-corrected chi connectivity index (χ1v) is 7.41. The molecule has 0 unspecified atom stereocenters. The molecule has 7 nitrogen and oxygen atoms in total. The summed E-state index contributed by atoms with van der Waals surface area (Å²) < 4.78 is 18.3. The molecular formula is C16H16FN5O2. The number of H-pyrrole nitrogens is 1. The first-order chi connectivity index (χ1) is 11.5. The van der Waals surface area contributed by atoms with E-state index in [1.807, 2.05) is 13.8 Å². The van der Waals surface area contributed by atoms with Crippen LogP contribution in [0.15, 0.2) is 28.8 Å². The number of hydrogen-bond donors (Lipinski definition) is 2. The van der Waals surface area contributed by atoms with Gasteiger partial charge in [0.05, 0.1) is 5.56 Å². The smallest absolute Gasteiger partial charge is 0.292 e. The van der Waals surface area contributed by atoms with Crippen molar-refractivity contribution >= 4 is 5.91 Å². The summed E-state index contributed by atoms with van der Waals surface area (Å²) in [5, 5.41) is 13.5. The van der Waals surface area contributed by atoms with E-state index in [0.29, 0.717) is 22.5 Å². The number of aromatic nitrogens is 4. The summed E-state index contributed by atoms with van der Waals surface area (Å²) in [7, 11) is 0. The van der Waals surface area contributed by atoms with Gasteiger partial charge in [-0.25, -0.2) is 4.39 Å². The fourth-order valence-electron chi connectivity index (χ4n) is 2.25. The Morgan fingerprint density at radius 2 is 2.00 bits per heavy atom. The lowest BCUT2D eigenvalue weighted by atomic mass is 10.1. The van der Waals surface area contributed by atoms with Crippen LogP contribution in [-0.2, 0) is 0 Å². The van der Waals surface area contributed by atoms with Gasteiger partial charge >= 0.3 is 0 Å². The van der Waals surface area contributed by atoms with Crippen LogP contribution in [0.4, 0.5) is 4.39 Å². The van der Waals surface area contributed by atoms with Crippen molar-refractivity contribution in [2.45, 2.75) is 26.8 Å². The van der Waals surface area contributed by atoms with Crippen LogP contribution in [-0.4, -0.2) is 32.3 Å². The van der Waals surface area contributed by atoms with Crippen molar-refractivity contribution in [3.05, 3.63) is 41.6 Å². The number of carbonyl (C=O) groups is 1. The van der Waals surface area contributed by atoms with Crippen LogP contribution in [0.25, 0.3) is 22.7 Å². The topological polar surface area (TPSA) is 96.7 Å². The number of nitrogens with zero attached hydrogens (tertiary/aromatic N) is 3. The number of benzene rings is 1. The summed E-state index contributed by atoms with van der Waals surface area (Å²) >= 11 is 0. The van der Waals surface area contributed by atoms with Crippen molar-refractivity contribution < 1.29 is 13.7 Å². The SMILES string of the molecule is Cc1[nH]nc(-c2ccc(F)cc2)c1-c1nc(C(=O)NC(C)C)no1. The van der Waals surface area contributed by atoms with Gasteiger partial charge in [-0.05, 0) is 45.0 Å². The van der Waals surface area contributed by atoms with Crippen molar-refractivity contribution in [3.8, 4) is 22.7 Å². The van der Waals surface area contributed by atoms with Crippen LogP contribution < -0.4 is 5.32 Å². The van der Waals surface area contributed by atoms with Gasteiger partial charge in [-0.2, -0.15) is 10.1 Å². The summed E-state index contributed by atoms with van der Waals surface area (Å²) in [4.78, 5) is 16.1. The van der Waals surface area contributed by atoms with E-state index in [1.54, 1.807) is 19.1 Å². The summed E-state index contributed by atoms with van der Waals surface area (Å²) in [5.41, 5.74) is 2.53. The standard InChI is InChI=1S/C16H16FN5O2/c1-8(2)18-15(23)14-19-16(24-22-14)12-9(3)20-21-13(12)10-4-6-11(17)7-5-10/h4-8H,1-3H3,(H,18,23)(H,20,21). The van der Waals surface area contributed by atoms with Crippen LogP contribution in [0.3, 0.4) is 0 Å². The number of nitrogens with one attached hydrogen (secondary N) is 2. The highest BCUT2D eigenvalue weighted by molar-refractivity contribution is 5.91. The lowest BCUT2D eigenvalue weighted by molar-refractivity contribution is 0.0929. The zero-order valence-electron chi connectivity index (χ0n) is 13.4. The third-order valence-electron chi connectivity index (χ3n) is 3.33. The average molecular weight is 329 g/mol. The Labute approximate surface area is 137 Å². The molecule has 1 aromatic carbocycles. The summed E-state index contributed by atoms with van der Waals surface area (Å²) in [6.07, 6.45) is 0. The molecule has 3 rings (SSSR count). The quantitative estimate of drug-likeness (QED) is 0.767. The molecule has 0 atom stereocenters. The minimum atomic E-state index is -0.413. The molecule has 24 heavy (non-hydrogen) atoms. The van der Waals surface area contributed by atoms with Crippen LogP contribution in [0.5, 0.6) is 0 Å². The summed E-state index contributed by atoms with van der Waals surface area (Å²) in [5.74, 6) is -0.624. The highest BCUT2D eigenvalue weighted by atomic mass is 19.1. The first kappa shape index (κ1) is 15.9. The molecule has 0 fully saturated rings. The number of aromatic amines is 1. The Morgan fingerprint density at radius 3 is 2.67 bits per heavy atom.